The summed E-state index contributed by atoms with van der Waals surface area (Å²) >= 11 is 6.22. The quantitative estimate of drug-likeness (QED) is 0.607. The number of rotatable bonds is 7. The van der Waals surface area contributed by atoms with E-state index in [4.69, 9.17) is 25.6 Å². The molecule has 1 aliphatic heterocycles. The molecule has 0 spiro atoms. The first-order valence-electron chi connectivity index (χ1n) is 8.72. The Labute approximate surface area is 164 Å². The Morgan fingerprint density at radius 2 is 2.14 bits per heavy atom. The number of hydrogen-bond acceptors (Lipinski definition) is 8. The number of aromatic nitrogens is 5. The summed E-state index contributed by atoms with van der Waals surface area (Å²) in [5, 5.41) is 13.5. The van der Waals surface area contributed by atoms with E-state index in [9.17, 15) is 4.79 Å². The Morgan fingerprint density at radius 1 is 1.25 bits per heavy atom. The SMILES string of the molecule is O=C(CCc1nc(-c2ncn[nH]2)no1)NCCc1cc(Cl)c2c(c1)OCCO2. The second-order valence-corrected chi connectivity index (χ2v) is 6.45. The zero-order valence-corrected chi connectivity index (χ0v) is 15.5. The predicted molar refractivity (Wildman–Crippen MR) is 97.2 cm³/mol. The van der Waals surface area contributed by atoms with Crippen LogP contribution >= 0.6 is 11.6 Å². The number of fused-ring (bicyclic) bond motifs is 1. The monoisotopic (exact) mass is 404 g/mol. The van der Waals surface area contributed by atoms with Crippen LogP contribution in [0.25, 0.3) is 11.6 Å². The van der Waals surface area contributed by atoms with Gasteiger partial charge in [-0.1, -0.05) is 16.8 Å². The summed E-state index contributed by atoms with van der Waals surface area (Å²) in [6, 6.07) is 3.71. The van der Waals surface area contributed by atoms with E-state index in [1.807, 2.05) is 12.1 Å². The first kappa shape index (κ1) is 18.2. The number of benzene rings is 1. The molecule has 0 saturated heterocycles. The lowest BCUT2D eigenvalue weighted by molar-refractivity contribution is -0.121. The van der Waals surface area contributed by atoms with Crippen molar-refractivity contribution >= 4 is 17.5 Å². The minimum Gasteiger partial charge on any atom is -0.486 e. The fourth-order valence-electron chi connectivity index (χ4n) is 2.73. The highest BCUT2D eigenvalue weighted by Gasteiger charge is 2.17. The van der Waals surface area contributed by atoms with Crippen LogP contribution < -0.4 is 14.8 Å². The number of aromatic amines is 1. The topological polar surface area (TPSA) is 128 Å². The molecule has 0 fully saturated rings. The highest BCUT2D eigenvalue weighted by molar-refractivity contribution is 6.32. The van der Waals surface area contributed by atoms with Gasteiger partial charge in [0, 0.05) is 19.4 Å². The lowest BCUT2D eigenvalue weighted by Gasteiger charge is -2.20. The van der Waals surface area contributed by atoms with Gasteiger partial charge in [0.05, 0.1) is 5.02 Å². The summed E-state index contributed by atoms with van der Waals surface area (Å²) in [4.78, 5) is 20.2. The summed E-state index contributed by atoms with van der Waals surface area (Å²) in [5.74, 6) is 2.19. The number of halogens is 1. The van der Waals surface area contributed by atoms with E-state index >= 15 is 0 Å². The molecule has 0 saturated carbocycles. The molecule has 146 valence electrons. The third-order valence-corrected chi connectivity index (χ3v) is 4.33. The van der Waals surface area contributed by atoms with Crippen molar-refractivity contribution in [3.05, 3.63) is 34.9 Å². The van der Waals surface area contributed by atoms with Crippen LogP contribution in [0.5, 0.6) is 11.5 Å². The van der Waals surface area contributed by atoms with E-state index < -0.39 is 0 Å². The fourth-order valence-corrected chi connectivity index (χ4v) is 3.02. The van der Waals surface area contributed by atoms with Gasteiger partial charge in [-0.3, -0.25) is 9.89 Å². The van der Waals surface area contributed by atoms with Crippen LogP contribution in [0, 0.1) is 0 Å². The van der Waals surface area contributed by atoms with E-state index in [2.05, 4.69) is 30.6 Å². The molecule has 2 aromatic heterocycles. The lowest BCUT2D eigenvalue weighted by Crippen LogP contribution is -2.26. The number of ether oxygens (including phenoxy) is 2. The number of hydrogen-bond donors (Lipinski definition) is 2. The number of aryl methyl sites for hydroxylation is 1. The van der Waals surface area contributed by atoms with Crippen molar-refractivity contribution < 1.29 is 18.8 Å². The van der Waals surface area contributed by atoms with Gasteiger partial charge in [0.15, 0.2) is 17.3 Å². The molecule has 11 heteroatoms. The Kier molecular flexibility index (Phi) is 5.38. The van der Waals surface area contributed by atoms with E-state index in [-0.39, 0.29) is 12.3 Å². The zero-order valence-electron chi connectivity index (χ0n) is 14.8. The van der Waals surface area contributed by atoms with Gasteiger partial charge in [-0.25, -0.2) is 4.98 Å². The van der Waals surface area contributed by atoms with Gasteiger partial charge in [0.25, 0.3) is 0 Å². The second-order valence-electron chi connectivity index (χ2n) is 6.05. The molecule has 28 heavy (non-hydrogen) atoms. The molecule has 2 N–H and O–H groups in total. The van der Waals surface area contributed by atoms with Crippen molar-refractivity contribution in [2.45, 2.75) is 19.3 Å². The minimum atomic E-state index is -0.108. The maximum absolute atomic E-state index is 12.0. The van der Waals surface area contributed by atoms with E-state index in [0.717, 1.165) is 5.56 Å². The molecule has 0 unspecified atom stereocenters. The van der Waals surface area contributed by atoms with Crippen LogP contribution in [0.4, 0.5) is 0 Å². The van der Waals surface area contributed by atoms with Crippen LogP contribution in [0.2, 0.25) is 5.02 Å². The van der Waals surface area contributed by atoms with Gasteiger partial charge in [0.1, 0.15) is 19.5 Å². The Morgan fingerprint density at radius 3 is 3.00 bits per heavy atom. The number of nitrogens with zero attached hydrogens (tertiary/aromatic N) is 4. The predicted octanol–water partition coefficient (Wildman–Crippen LogP) is 1.57. The highest BCUT2D eigenvalue weighted by atomic mass is 35.5. The molecular formula is C17H17ClN6O4. The van der Waals surface area contributed by atoms with Gasteiger partial charge in [-0.2, -0.15) is 10.1 Å². The molecule has 1 aromatic carbocycles. The Bertz CT molecular complexity index is 959. The summed E-state index contributed by atoms with van der Waals surface area (Å²) in [6.45, 7) is 1.46. The summed E-state index contributed by atoms with van der Waals surface area (Å²) in [7, 11) is 0. The van der Waals surface area contributed by atoms with Crippen LogP contribution in [-0.2, 0) is 17.6 Å². The molecule has 1 amide bonds. The molecule has 0 aliphatic carbocycles. The first-order valence-corrected chi connectivity index (χ1v) is 9.10. The normalized spacial score (nSPS) is 12.8. The van der Waals surface area contributed by atoms with Crippen molar-refractivity contribution in [1.29, 1.82) is 0 Å². The lowest BCUT2D eigenvalue weighted by atomic mass is 10.1. The molecule has 3 heterocycles. The second kappa shape index (κ2) is 8.26. The van der Waals surface area contributed by atoms with E-state index in [1.165, 1.54) is 6.33 Å². The highest BCUT2D eigenvalue weighted by Crippen LogP contribution is 2.38. The molecule has 4 rings (SSSR count). The smallest absolute Gasteiger partial charge is 0.239 e. The van der Waals surface area contributed by atoms with Crippen LogP contribution in [0.1, 0.15) is 17.9 Å². The van der Waals surface area contributed by atoms with E-state index in [1.54, 1.807) is 0 Å². The third-order valence-electron chi connectivity index (χ3n) is 4.05. The van der Waals surface area contributed by atoms with Gasteiger partial charge < -0.3 is 19.3 Å². The van der Waals surface area contributed by atoms with Gasteiger partial charge in [0.2, 0.25) is 17.6 Å². The molecule has 0 radical (unpaired) electrons. The average molecular weight is 405 g/mol. The molecular weight excluding hydrogens is 388 g/mol. The van der Waals surface area contributed by atoms with Crippen LogP contribution in [0.15, 0.2) is 23.0 Å². The van der Waals surface area contributed by atoms with Crippen molar-refractivity contribution in [3.8, 4) is 23.1 Å². The number of carbonyl (C=O) groups is 1. The number of amides is 1. The molecule has 0 atom stereocenters. The number of carbonyl (C=O) groups excluding carboxylic acids is 1. The maximum Gasteiger partial charge on any atom is 0.239 e. The minimum absolute atomic E-state index is 0.108. The first-order chi connectivity index (χ1) is 13.7. The van der Waals surface area contributed by atoms with E-state index in [0.29, 0.717) is 66.7 Å². The summed E-state index contributed by atoms with van der Waals surface area (Å²) in [6.07, 6.45) is 2.55. The van der Waals surface area contributed by atoms with Crippen molar-refractivity contribution in [1.82, 2.24) is 30.6 Å². The molecule has 10 nitrogen and oxygen atoms in total. The molecule has 0 bridgehead atoms. The Hall–Kier alpha value is -3.14. The standard InChI is InChI=1S/C17H17ClN6O4/c18-11-7-10(8-12-15(11)27-6-5-26-12)3-4-19-13(25)1-2-14-22-17(24-28-14)16-20-9-21-23-16/h7-9H,1-6H2,(H,19,25)(H,20,21,23). The largest absolute Gasteiger partial charge is 0.486 e. The van der Waals surface area contributed by atoms with Gasteiger partial charge in [-0.15, -0.1) is 0 Å². The fraction of sp³-hybridized carbons (Fsp3) is 0.353. The molecule has 3 aromatic rings. The average Bonchev–Trinajstić information content (AvgIpc) is 3.38. The number of nitrogens with one attached hydrogen (secondary N) is 2. The Balaban J connectivity index is 1.23. The maximum atomic E-state index is 12.0. The van der Waals surface area contributed by atoms with Crippen molar-refractivity contribution in [2.75, 3.05) is 19.8 Å². The van der Waals surface area contributed by atoms with Crippen molar-refractivity contribution in [2.24, 2.45) is 0 Å². The summed E-state index contributed by atoms with van der Waals surface area (Å²) in [5.41, 5.74) is 0.961. The van der Waals surface area contributed by atoms with Gasteiger partial charge >= 0.3 is 0 Å². The zero-order chi connectivity index (χ0) is 19.3. The molecule has 1 aliphatic rings. The van der Waals surface area contributed by atoms with Crippen LogP contribution in [-0.4, -0.2) is 51.0 Å². The van der Waals surface area contributed by atoms with Gasteiger partial charge in [-0.05, 0) is 24.1 Å². The number of H-pyrrole nitrogens is 1. The van der Waals surface area contributed by atoms with Crippen LogP contribution in [0.3, 0.4) is 0 Å². The third kappa shape index (κ3) is 4.22. The summed E-state index contributed by atoms with van der Waals surface area (Å²) < 4.78 is 16.2. The van der Waals surface area contributed by atoms with Crippen molar-refractivity contribution in [3.63, 3.8) is 0 Å².